The fourth-order valence-electron chi connectivity index (χ4n) is 3.47. The zero-order valence-corrected chi connectivity index (χ0v) is 16.3. The van der Waals surface area contributed by atoms with Gasteiger partial charge in [0.15, 0.2) is 0 Å². The van der Waals surface area contributed by atoms with E-state index in [1.807, 2.05) is 59.2 Å². The van der Waals surface area contributed by atoms with Crippen LogP contribution in [0.5, 0.6) is 0 Å². The van der Waals surface area contributed by atoms with E-state index in [2.05, 4.69) is 5.32 Å². The van der Waals surface area contributed by atoms with Gasteiger partial charge in [0.1, 0.15) is 6.04 Å². The van der Waals surface area contributed by atoms with Crippen LogP contribution >= 0.6 is 0 Å². The van der Waals surface area contributed by atoms with Gasteiger partial charge in [-0.25, -0.2) is 0 Å². The first-order valence-electron chi connectivity index (χ1n) is 9.88. The van der Waals surface area contributed by atoms with Crippen LogP contribution in [0.15, 0.2) is 60.8 Å². The normalized spacial score (nSPS) is 12.0. The molecule has 6 heteroatoms. The number of rotatable bonds is 10. The number of nitrogens with one attached hydrogen (secondary N) is 1. The molecule has 0 saturated heterocycles. The van der Waals surface area contributed by atoms with Crippen LogP contribution in [0.1, 0.15) is 35.2 Å². The third-order valence-electron chi connectivity index (χ3n) is 5.00. The third kappa shape index (κ3) is 5.22. The molecule has 1 heterocycles. The number of aromatic nitrogens is 1. The number of aryl methyl sites for hydroxylation is 1. The second-order valence-electron chi connectivity index (χ2n) is 7.12. The molecular weight excluding hydrogens is 369 g/mol. The second-order valence-corrected chi connectivity index (χ2v) is 7.12. The number of benzene rings is 2. The minimum Gasteiger partial charge on any atom is -0.368 e. The largest absolute Gasteiger partial charge is 0.368 e. The van der Waals surface area contributed by atoms with E-state index in [-0.39, 0.29) is 12.6 Å². The molecule has 1 atom stereocenters. The van der Waals surface area contributed by atoms with Crippen LogP contribution in [0.4, 0.5) is 4.39 Å². The topological polar surface area (TPSA) is 77.1 Å². The van der Waals surface area contributed by atoms with Crippen molar-refractivity contribution in [2.24, 2.45) is 5.73 Å². The number of amides is 2. The fourth-order valence-corrected chi connectivity index (χ4v) is 3.47. The van der Waals surface area contributed by atoms with Gasteiger partial charge in [-0.1, -0.05) is 48.5 Å². The Balaban J connectivity index is 1.79. The van der Waals surface area contributed by atoms with Crippen LogP contribution in [0.2, 0.25) is 0 Å². The summed E-state index contributed by atoms with van der Waals surface area (Å²) in [5, 5.41) is 3.60. The fraction of sp³-hybridized carbons (Fsp3) is 0.304. The van der Waals surface area contributed by atoms with Gasteiger partial charge in [-0.05, 0) is 30.9 Å². The zero-order chi connectivity index (χ0) is 20.6. The summed E-state index contributed by atoms with van der Waals surface area (Å²) in [7, 11) is 0. The average Bonchev–Trinajstić information content (AvgIpc) is 3.10. The number of halogens is 1. The van der Waals surface area contributed by atoms with Crippen LogP contribution < -0.4 is 11.1 Å². The summed E-state index contributed by atoms with van der Waals surface area (Å²) in [5.74, 6) is -0.902. The van der Waals surface area contributed by atoms with Gasteiger partial charge in [0, 0.05) is 30.1 Å². The number of nitrogens with two attached hydrogens (primary N) is 1. The van der Waals surface area contributed by atoms with Crippen molar-refractivity contribution in [3.8, 4) is 0 Å². The maximum absolute atomic E-state index is 13.0. The van der Waals surface area contributed by atoms with Gasteiger partial charge in [0.25, 0.3) is 5.91 Å². The Morgan fingerprint density at radius 1 is 1.00 bits per heavy atom. The molecule has 0 aliphatic carbocycles. The van der Waals surface area contributed by atoms with Gasteiger partial charge in [0.05, 0.1) is 12.2 Å². The van der Waals surface area contributed by atoms with E-state index >= 15 is 0 Å². The molecule has 0 spiro atoms. The summed E-state index contributed by atoms with van der Waals surface area (Å²) in [4.78, 5) is 24.9. The Bertz CT molecular complexity index is 969. The van der Waals surface area contributed by atoms with Gasteiger partial charge >= 0.3 is 0 Å². The lowest BCUT2D eigenvalue weighted by Crippen LogP contribution is -2.45. The monoisotopic (exact) mass is 395 g/mol. The molecule has 0 bridgehead atoms. The minimum absolute atomic E-state index is 0.310. The van der Waals surface area contributed by atoms with Crippen LogP contribution in [0.25, 0.3) is 10.9 Å². The van der Waals surface area contributed by atoms with Crippen LogP contribution in [0, 0.1) is 0 Å². The first-order valence-corrected chi connectivity index (χ1v) is 9.88. The molecular formula is C23H26FN3O2. The van der Waals surface area contributed by atoms with E-state index in [1.54, 1.807) is 6.20 Å². The van der Waals surface area contributed by atoms with Gasteiger partial charge < -0.3 is 15.6 Å². The highest BCUT2D eigenvalue weighted by Crippen LogP contribution is 2.22. The Morgan fingerprint density at radius 3 is 2.45 bits per heavy atom. The molecule has 2 amide bonds. The molecule has 0 radical (unpaired) electrons. The molecule has 5 nitrogen and oxygen atoms in total. The number of alkyl halides is 1. The molecule has 0 fully saturated rings. The highest BCUT2D eigenvalue weighted by Gasteiger charge is 2.22. The first-order chi connectivity index (χ1) is 14.1. The number of hydrogen-bond acceptors (Lipinski definition) is 2. The highest BCUT2D eigenvalue weighted by atomic mass is 19.1. The summed E-state index contributed by atoms with van der Waals surface area (Å²) >= 11 is 0. The number of unbranched alkanes of at least 4 members (excludes halogenated alkanes) is 2. The molecule has 0 saturated carbocycles. The third-order valence-corrected chi connectivity index (χ3v) is 5.00. The van der Waals surface area contributed by atoms with Crippen LogP contribution in [-0.4, -0.2) is 29.1 Å². The molecule has 0 aliphatic rings. The average molecular weight is 395 g/mol. The Kier molecular flexibility index (Phi) is 7.00. The number of primary amides is 1. The van der Waals surface area contributed by atoms with E-state index in [0.717, 1.165) is 29.3 Å². The molecule has 0 unspecified atom stereocenters. The van der Waals surface area contributed by atoms with Gasteiger partial charge in [-0.15, -0.1) is 0 Å². The van der Waals surface area contributed by atoms with Gasteiger partial charge in [-0.2, -0.15) is 0 Å². The predicted molar refractivity (Wildman–Crippen MR) is 112 cm³/mol. The van der Waals surface area contributed by atoms with Crippen molar-refractivity contribution in [1.82, 2.24) is 9.88 Å². The van der Waals surface area contributed by atoms with Crippen molar-refractivity contribution in [3.05, 3.63) is 71.9 Å². The molecule has 1 aromatic heterocycles. The van der Waals surface area contributed by atoms with Crippen molar-refractivity contribution in [2.45, 2.75) is 38.3 Å². The van der Waals surface area contributed by atoms with Crippen molar-refractivity contribution in [1.29, 1.82) is 0 Å². The molecule has 3 rings (SSSR count). The second kappa shape index (κ2) is 9.87. The molecule has 2 aromatic carbocycles. The van der Waals surface area contributed by atoms with Crippen LogP contribution in [-0.2, 0) is 17.8 Å². The van der Waals surface area contributed by atoms with E-state index < -0.39 is 11.9 Å². The van der Waals surface area contributed by atoms with E-state index in [4.69, 9.17) is 5.73 Å². The number of fused-ring (bicyclic) bond motifs is 1. The maximum atomic E-state index is 13.0. The number of hydrogen-bond donors (Lipinski definition) is 2. The van der Waals surface area contributed by atoms with E-state index in [0.29, 0.717) is 24.9 Å². The molecule has 3 N–H and O–H groups in total. The minimum atomic E-state index is -0.795. The SMILES string of the molecule is NC(=O)[C@H](Cc1ccccc1)NC(=O)c1cn(CCCCCF)c2ccccc12. The molecule has 152 valence electrons. The van der Waals surface area contributed by atoms with Gasteiger partial charge in [0.2, 0.25) is 5.91 Å². The summed E-state index contributed by atoms with van der Waals surface area (Å²) < 4.78 is 14.3. The van der Waals surface area contributed by atoms with Gasteiger partial charge in [-0.3, -0.25) is 14.0 Å². The summed E-state index contributed by atoms with van der Waals surface area (Å²) in [6, 6.07) is 16.3. The lowest BCUT2D eigenvalue weighted by molar-refractivity contribution is -0.119. The van der Waals surface area contributed by atoms with Crippen molar-refractivity contribution >= 4 is 22.7 Å². The summed E-state index contributed by atoms with van der Waals surface area (Å²) in [6.07, 6.45) is 4.32. The first kappa shape index (κ1) is 20.6. The Hall–Kier alpha value is -3.15. The molecule has 3 aromatic rings. The predicted octanol–water partition coefficient (Wildman–Crippen LogP) is 3.61. The molecule has 0 aliphatic heterocycles. The number of carbonyl (C=O) groups is 2. The maximum Gasteiger partial charge on any atom is 0.254 e. The molecule has 29 heavy (non-hydrogen) atoms. The van der Waals surface area contributed by atoms with Crippen molar-refractivity contribution in [2.75, 3.05) is 6.67 Å². The van der Waals surface area contributed by atoms with Crippen molar-refractivity contribution in [3.63, 3.8) is 0 Å². The lowest BCUT2D eigenvalue weighted by Gasteiger charge is -2.15. The van der Waals surface area contributed by atoms with Crippen molar-refractivity contribution < 1.29 is 14.0 Å². The van der Waals surface area contributed by atoms with Crippen LogP contribution in [0.3, 0.4) is 0 Å². The van der Waals surface area contributed by atoms with E-state index in [1.165, 1.54) is 0 Å². The Morgan fingerprint density at radius 2 is 1.72 bits per heavy atom. The number of carbonyl (C=O) groups excluding carboxylic acids is 2. The lowest BCUT2D eigenvalue weighted by atomic mass is 10.0. The smallest absolute Gasteiger partial charge is 0.254 e. The number of para-hydroxylation sites is 1. The standard InChI is InChI=1S/C23H26FN3O2/c24-13-7-2-8-14-27-16-19(18-11-5-6-12-21(18)27)23(29)26-20(22(25)28)15-17-9-3-1-4-10-17/h1,3-6,9-12,16,20H,2,7-8,13-15H2,(H2,25,28)(H,26,29)/t20-/m0/s1. The Labute approximate surface area is 169 Å². The summed E-state index contributed by atoms with van der Waals surface area (Å²) in [5.41, 5.74) is 7.90. The van der Waals surface area contributed by atoms with E-state index in [9.17, 15) is 14.0 Å². The number of nitrogens with zero attached hydrogens (tertiary/aromatic N) is 1. The quantitative estimate of drug-likeness (QED) is 0.515. The highest BCUT2D eigenvalue weighted by molar-refractivity contribution is 6.08. The summed E-state index contributed by atoms with van der Waals surface area (Å²) in [6.45, 7) is 0.396. The zero-order valence-electron chi connectivity index (χ0n) is 16.3.